The first-order chi connectivity index (χ1) is 8.61. The fourth-order valence-electron chi connectivity index (χ4n) is 2.42. The van der Waals surface area contributed by atoms with Crippen molar-refractivity contribution in [2.45, 2.75) is 39.5 Å². The monoisotopic (exact) mass is 269 g/mol. The van der Waals surface area contributed by atoms with E-state index in [1.807, 2.05) is 13.8 Å². The largest absolute Gasteiger partial charge is 0.481 e. The fourth-order valence-corrected chi connectivity index (χ4v) is 3.23. The summed E-state index contributed by atoms with van der Waals surface area (Å²) in [6, 6.07) is 0. The van der Waals surface area contributed by atoms with E-state index in [4.69, 9.17) is 0 Å². The highest BCUT2D eigenvalue weighted by Gasteiger charge is 2.41. The molecule has 0 aromatic carbocycles. The van der Waals surface area contributed by atoms with E-state index in [1.54, 1.807) is 11.3 Å². The third-order valence-electron chi connectivity index (χ3n) is 3.74. The molecule has 1 unspecified atom stereocenters. The summed E-state index contributed by atoms with van der Waals surface area (Å²) in [6.45, 7) is 5.44. The second kappa shape index (κ2) is 5.22. The maximum Gasteiger partial charge on any atom is 0.311 e. The highest BCUT2D eigenvalue weighted by atomic mass is 32.1. The van der Waals surface area contributed by atoms with Gasteiger partial charge in [0.25, 0.3) is 0 Å². The molecule has 5 nitrogen and oxygen atoms in total. The molecule has 1 aliphatic rings. The summed E-state index contributed by atoms with van der Waals surface area (Å²) in [7, 11) is 0. The van der Waals surface area contributed by atoms with Crippen molar-refractivity contribution in [3.63, 3.8) is 0 Å². The number of aryl methyl sites for hydroxylation is 1. The van der Waals surface area contributed by atoms with Gasteiger partial charge in [0, 0.05) is 13.1 Å². The Labute approximate surface area is 111 Å². The van der Waals surface area contributed by atoms with Crippen LogP contribution in [0.5, 0.6) is 0 Å². The lowest BCUT2D eigenvalue weighted by Gasteiger charge is -2.39. The molecular formula is C12H19N3O2S. The van der Waals surface area contributed by atoms with Gasteiger partial charge in [-0.2, -0.15) is 0 Å². The van der Waals surface area contributed by atoms with E-state index in [0.717, 1.165) is 35.9 Å². The van der Waals surface area contributed by atoms with E-state index in [9.17, 15) is 9.90 Å². The predicted molar refractivity (Wildman–Crippen MR) is 71.1 cm³/mol. The summed E-state index contributed by atoms with van der Waals surface area (Å²) < 4.78 is 0. The predicted octanol–water partition coefficient (Wildman–Crippen LogP) is 2.18. The number of carbonyl (C=O) groups is 1. The molecule has 1 atom stereocenters. The number of carboxylic acid groups (broad SMARTS) is 1. The van der Waals surface area contributed by atoms with Crippen LogP contribution in [0.4, 0.5) is 5.13 Å². The van der Waals surface area contributed by atoms with Gasteiger partial charge in [-0.3, -0.25) is 4.79 Å². The van der Waals surface area contributed by atoms with E-state index >= 15 is 0 Å². The molecule has 100 valence electrons. The van der Waals surface area contributed by atoms with Crippen molar-refractivity contribution in [3.8, 4) is 0 Å². The molecule has 1 aromatic rings. The first-order valence-corrected chi connectivity index (χ1v) is 7.23. The molecule has 2 rings (SSSR count). The number of aromatic nitrogens is 2. The second-order valence-electron chi connectivity index (χ2n) is 4.80. The highest BCUT2D eigenvalue weighted by Crippen LogP contribution is 2.36. The van der Waals surface area contributed by atoms with Gasteiger partial charge in [-0.25, -0.2) is 0 Å². The summed E-state index contributed by atoms with van der Waals surface area (Å²) in [5.74, 6) is -0.685. The van der Waals surface area contributed by atoms with E-state index in [2.05, 4.69) is 15.1 Å². The van der Waals surface area contributed by atoms with Crippen LogP contribution in [0.2, 0.25) is 0 Å². The van der Waals surface area contributed by atoms with E-state index in [-0.39, 0.29) is 0 Å². The first kappa shape index (κ1) is 13.3. The molecule has 0 saturated carbocycles. The molecular weight excluding hydrogens is 250 g/mol. The van der Waals surface area contributed by atoms with Crippen molar-refractivity contribution in [1.29, 1.82) is 0 Å². The molecule has 0 amide bonds. The third kappa shape index (κ3) is 2.34. The van der Waals surface area contributed by atoms with Crippen LogP contribution in [0.15, 0.2) is 0 Å². The molecule has 0 radical (unpaired) electrons. The minimum Gasteiger partial charge on any atom is -0.481 e. The number of anilines is 1. The van der Waals surface area contributed by atoms with Crippen molar-refractivity contribution in [1.82, 2.24) is 10.2 Å². The first-order valence-electron chi connectivity index (χ1n) is 6.42. The average Bonchev–Trinajstić information content (AvgIpc) is 2.87. The maximum absolute atomic E-state index is 11.5. The lowest BCUT2D eigenvalue weighted by atomic mass is 9.78. The number of nitrogens with zero attached hydrogens (tertiary/aromatic N) is 3. The number of hydrogen-bond donors (Lipinski definition) is 1. The fraction of sp³-hybridized carbons (Fsp3) is 0.750. The van der Waals surface area contributed by atoms with E-state index in [0.29, 0.717) is 13.0 Å². The number of piperidine rings is 1. The zero-order valence-electron chi connectivity index (χ0n) is 10.8. The summed E-state index contributed by atoms with van der Waals surface area (Å²) in [4.78, 5) is 13.6. The quantitative estimate of drug-likeness (QED) is 0.907. The number of carboxylic acids is 1. The van der Waals surface area contributed by atoms with Crippen LogP contribution in [-0.4, -0.2) is 34.4 Å². The van der Waals surface area contributed by atoms with Gasteiger partial charge in [0.2, 0.25) is 5.13 Å². The Morgan fingerprint density at radius 2 is 2.28 bits per heavy atom. The van der Waals surface area contributed by atoms with Gasteiger partial charge in [-0.15, -0.1) is 10.2 Å². The van der Waals surface area contributed by atoms with Gasteiger partial charge in [-0.05, 0) is 25.7 Å². The van der Waals surface area contributed by atoms with Crippen molar-refractivity contribution >= 4 is 22.4 Å². The standard InChI is InChI=1S/C12H19N3O2S/c1-3-9-13-14-11(18-9)15-7-5-6-12(4-2,8-15)10(16)17/h3-8H2,1-2H3,(H,16,17). The number of rotatable bonds is 4. The Kier molecular flexibility index (Phi) is 3.85. The summed E-state index contributed by atoms with van der Waals surface area (Å²) in [5, 5.41) is 19.6. The molecule has 1 N–H and O–H groups in total. The second-order valence-corrected chi connectivity index (χ2v) is 5.84. The minimum atomic E-state index is -0.685. The Balaban J connectivity index is 2.17. The Bertz CT molecular complexity index is 435. The van der Waals surface area contributed by atoms with Gasteiger partial charge in [0.15, 0.2) is 0 Å². The van der Waals surface area contributed by atoms with Crippen molar-refractivity contribution in [2.75, 3.05) is 18.0 Å². The molecule has 1 fully saturated rings. The maximum atomic E-state index is 11.5. The van der Waals surface area contributed by atoms with Crippen LogP contribution in [-0.2, 0) is 11.2 Å². The summed E-state index contributed by atoms with van der Waals surface area (Å²) in [5.41, 5.74) is -0.615. The molecule has 1 aliphatic heterocycles. The van der Waals surface area contributed by atoms with Crippen LogP contribution in [0, 0.1) is 5.41 Å². The van der Waals surface area contributed by atoms with Gasteiger partial charge in [0.05, 0.1) is 5.41 Å². The zero-order valence-corrected chi connectivity index (χ0v) is 11.7. The molecule has 1 aromatic heterocycles. The van der Waals surface area contributed by atoms with Crippen molar-refractivity contribution in [3.05, 3.63) is 5.01 Å². The lowest BCUT2D eigenvalue weighted by Crippen LogP contribution is -2.47. The molecule has 2 heterocycles. The van der Waals surface area contributed by atoms with Gasteiger partial charge >= 0.3 is 5.97 Å². The van der Waals surface area contributed by atoms with Gasteiger partial charge < -0.3 is 10.0 Å². The molecule has 0 aliphatic carbocycles. The molecule has 0 bridgehead atoms. The van der Waals surface area contributed by atoms with Crippen LogP contribution in [0.3, 0.4) is 0 Å². The summed E-state index contributed by atoms with van der Waals surface area (Å²) in [6.07, 6.45) is 3.21. The van der Waals surface area contributed by atoms with Gasteiger partial charge in [-0.1, -0.05) is 25.2 Å². The number of hydrogen-bond acceptors (Lipinski definition) is 5. The van der Waals surface area contributed by atoms with Crippen LogP contribution < -0.4 is 4.90 Å². The van der Waals surface area contributed by atoms with Gasteiger partial charge in [0.1, 0.15) is 5.01 Å². The minimum absolute atomic E-state index is 0.553. The summed E-state index contributed by atoms with van der Waals surface area (Å²) >= 11 is 1.57. The van der Waals surface area contributed by atoms with E-state index < -0.39 is 11.4 Å². The average molecular weight is 269 g/mol. The Morgan fingerprint density at radius 1 is 1.50 bits per heavy atom. The molecule has 0 spiro atoms. The van der Waals surface area contributed by atoms with Crippen molar-refractivity contribution < 1.29 is 9.90 Å². The van der Waals surface area contributed by atoms with Crippen LogP contribution in [0.1, 0.15) is 38.1 Å². The lowest BCUT2D eigenvalue weighted by molar-refractivity contribution is -0.149. The number of aliphatic carboxylic acids is 1. The van der Waals surface area contributed by atoms with Crippen molar-refractivity contribution in [2.24, 2.45) is 5.41 Å². The molecule has 1 saturated heterocycles. The Morgan fingerprint density at radius 3 is 2.83 bits per heavy atom. The SMILES string of the molecule is CCc1nnc(N2CCCC(CC)(C(=O)O)C2)s1. The smallest absolute Gasteiger partial charge is 0.311 e. The molecule has 6 heteroatoms. The van der Waals surface area contributed by atoms with Crippen LogP contribution >= 0.6 is 11.3 Å². The third-order valence-corrected chi connectivity index (χ3v) is 4.86. The highest BCUT2D eigenvalue weighted by molar-refractivity contribution is 7.15. The Hall–Kier alpha value is -1.17. The normalized spacial score (nSPS) is 24.2. The van der Waals surface area contributed by atoms with Crippen LogP contribution in [0.25, 0.3) is 0 Å². The topological polar surface area (TPSA) is 66.3 Å². The van der Waals surface area contributed by atoms with E-state index in [1.165, 1.54) is 0 Å². The zero-order chi connectivity index (χ0) is 13.2. The molecule has 18 heavy (non-hydrogen) atoms.